The Bertz CT molecular complexity index is 747. The molecule has 0 radical (unpaired) electrons. The van der Waals surface area contributed by atoms with Crippen LogP contribution in [0.2, 0.25) is 0 Å². The Kier molecular flexibility index (Phi) is 3.37. The molecule has 0 aliphatic carbocycles. The first kappa shape index (κ1) is 13.6. The summed E-state index contributed by atoms with van der Waals surface area (Å²) in [5, 5.41) is 0. The van der Waals surface area contributed by atoms with Crippen molar-refractivity contribution in [3.63, 3.8) is 0 Å². The fourth-order valence-corrected chi connectivity index (χ4v) is 2.39. The van der Waals surface area contributed by atoms with Gasteiger partial charge in [-0.2, -0.15) is 4.98 Å². The molecule has 0 saturated heterocycles. The predicted octanol–water partition coefficient (Wildman–Crippen LogP) is 3.68. The second-order valence-electron chi connectivity index (χ2n) is 5.53. The molecule has 108 valence electrons. The van der Waals surface area contributed by atoms with E-state index < -0.39 is 0 Å². The van der Waals surface area contributed by atoms with E-state index in [1.54, 1.807) is 0 Å². The average molecular weight is 281 g/mol. The number of nitrogens with one attached hydrogen (secondary N) is 1. The zero-order valence-electron chi connectivity index (χ0n) is 12.6. The van der Waals surface area contributed by atoms with Gasteiger partial charge in [-0.3, -0.25) is 0 Å². The van der Waals surface area contributed by atoms with Crippen molar-refractivity contribution in [1.29, 1.82) is 0 Å². The zero-order chi connectivity index (χ0) is 14.9. The highest BCUT2D eigenvalue weighted by Crippen LogP contribution is 2.30. The maximum atomic E-state index is 5.43. The third kappa shape index (κ3) is 2.49. The van der Waals surface area contributed by atoms with Crippen LogP contribution in [0.4, 0.5) is 0 Å². The number of benzene rings is 1. The molecule has 0 spiro atoms. The first-order valence-corrected chi connectivity index (χ1v) is 7.17. The first-order chi connectivity index (χ1) is 10.1. The smallest absolute Gasteiger partial charge is 0.215 e. The van der Waals surface area contributed by atoms with Crippen molar-refractivity contribution in [2.45, 2.75) is 26.2 Å². The van der Waals surface area contributed by atoms with Crippen LogP contribution >= 0.6 is 0 Å². The second kappa shape index (κ2) is 5.20. The lowest BCUT2D eigenvalue weighted by Gasteiger charge is -2.22. The van der Waals surface area contributed by atoms with E-state index >= 15 is 0 Å². The maximum absolute atomic E-state index is 5.43. The van der Waals surface area contributed by atoms with Crippen molar-refractivity contribution < 1.29 is 4.74 Å². The lowest BCUT2D eigenvalue weighted by molar-refractivity contribution is 0.328. The summed E-state index contributed by atoms with van der Waals surface area (Å²) in [7, 11) is 0. The topological polar surface area (TPSA) is 50.8 Å². The van der Waals surface area contributed by atoms with E-state index in [1.807, 2.05) is 37.3 Å². The molecule has 2 heterocycles. The summed E-state index contributed by atoms with van der Waals surface area (Å²) in [6, 6.07) is 14.2. The van der Waals surface area contributed by atoms with Gasteiger partial charge in [-0.25, -0.2) is 4.98 Å². The number of fused-ring (bicyclic) bond motifs is 1. The van der Waals surface area contributed by atoms with Crippen LogP contribution in [0.1, 0.15) is 32.2 Å². The van der Waals surface area contributed by atoms with Crippen LogP contribution in [0.25, 0.3) is 11.2 Å². The number of nitrogens with zero attached hydrogens (tertiary/aromatic N) is 2. The number of imidazole rings is 1. The van der Waals surface area contributed by atoms with Crippen molar-refractivity contribution in [3.05, 3.63) is 53.9 Å². The molecule has 0 fully saturated rings. The van der Waals surface area contributed by atoms with Crippen LogP contribution in [0.3, 0.4) is 0 Å². The number of ether oxygens (including phenoxy) is 1. The van der Waals surface area contributed by atoms with Gasteiger partial charge < -0.3 is 9.72 Å². The maximum Gasteiger partial charge on any atom is 0.215 e. The first-order valence-electron chi connectivity index (χ1n) is 7.17. The molecule has 0 amide bonds. The van der Waals surface area contributed by atoms with Gasteiger partial charge in [0.25, 0.3) is 0 Å². The Labute approximate surface area is 124 Å². The second-order valence-corrected chi connectivity index (χ2v) is 5.53. The van der Waals surface area contributed by atoms with Crippen molar-refractivity contribution >= 4 is 11.2 Å². The summed E-state index contributed by atoms with van der Waals surface area (Å²) in [6.07, 6.45) is 0. The van der Waals surface area contributed by atoms with Crippen LogP contribution in [-0.4, -0.2) is 21.6 Å². The highest BCUT2D eigenvalue weighted by Gasteiger charge is 2.26. The zero-order valence-corrected chi connectivity index (χ0v) is 12.6. The van der Waals surface area contributed by atoms with Gasteiger partial charge >= 0.3 is 0 Å². The highest BCUT2D eigenvalue weighted by molar-refractivity contribution is 5.71. The normalized spacial score (nSPS) is 11.8. The lowest BCUT2D eigenvalue weighted by atomic mass is 9.84. The van der Waals surface area contributed by atoms with Gasteiger partial charge in [-0.05, 0) is 32.4 Å². The molecule has 0 aliphatic rings. The molecule has 0 saturated carbocycles. The molecule has 3 aromatic rings. The molecule has 0 atom stereocenters. The van der Waals surface area contributed by atoms with Gasteiger partial charge in [0, 0.05) is 11.5 Å². The van der Waals surface area contributed by atoms with Gasteiger partial charge in [0.2, 0.25) is 5.88 Å². The number of aromatic nitrogens is 3. The van der Waals surface area contributed by atoms with Crippen LogP contribution in [-0.2, 0) is 5.41 Å². The molecule has 4 heteroatoms. The standard InChI is InChI=1S/C17H19N3O/c1-4-21-14-11-10-13-15(19-14)20-16(18-13)17(2,3)12-8-6-5-7-9-12/h5-11H,4H2,1-3H3,(H,18,19,20). The van der Waals surface area contributed by atoms with E-state index in [4.69, 9.17) is 4.74 Å². The molecule has 1 aromatic carbocycles. The largest absolute Gasteiger partial charge is 0.478 e. The number of hydrogen-bond donors (Lipinski definition) is 1. The molecule has 0 aliphatic heterocycles. The fraction of sp³-hybridized carbons (Fsp3) is 0.294. The van der Waals surface area contributed by atoms with Crippen LogP contribution in [0.15, 0.2) is 42.5 Å². The van der Waals surface area contributed by atoms with Crippen molar-refractivity contribution in [3.8, 4) is 5.88 Å². The Hall–Kier alpha value is -2.36. The van der Waals surface area contributed by atoms with Gasteiger partial charge in [-0.1, -0.05) is 30.3 Å². The molecule has 3 rings (SSSR count). The minimum atomic E-state index is -0.201. The van der Waals surface area contributed by atoms with Gasteiger partial charge in [-0.15, -0.1) is 0 Å². The SMILES string of the molecule is CCOc1ccc2[nH]c(C(C)(C)c3ccccc3)nc2n1. The van der Waals surface area contributed by atoms with Gasteiger partial charge in [0.1, 0.15) is 5.82 Å². The van der Waals surface area contributed by atoms with E-state index in [-0.39, 0.29) is 5.41 Å². The number of rotatable bonds is 4. The van der Waals surface area contributed by atoms with E-state index in [0.717, 1.165) is 11.3 Å². The van der Waals surface area contributed by atoms with E-state index in [2.05, 4.69) is 40.9 Å². The van der Waals surface area contributed by atoms with Crippen molar-refractivity contribution in [1.82, 2.24) is 15.0 Å². The lowest BCUT2D eigenvalue weighted by Crippen LogP contribution is -2.20. The molecule has 0 unspecified atom stereocenters. The third-order valence-electron chi connectivity index (χ3n) is 3.70. The summed E-state index contributed by atoms with van der Waals surface area (Å²) in [4.78, 5) is 12.5. The Morgan fingerprint density at radius 2 is 1.81 bits per heavy atom. The summed E-state index contributed by atoms with van der Waals surface area (Å²) in [6.45, 7) is 6.86. The predicted molar refractivity (Wildman–Crippen MR) is 83.6 cm³/mol. The molecule has 4 nitrogen and oxygen atoms in total. The number of hydrogen-bond acceptors (Lipinski definition) is 3. The Morgan fingerprint density at radius 3 is 2.52 bits per heavy atom. The molecule has 1 N–H and O–H groups in total. The molecular formula is C17H19N3O. The quantitative estimate of drug-likeness (QED) is 0.793. The number of H-pyrrole nitrogens is 1. The highest BCUT2D eigenvalue weighted by atomic mass is 16.5. The van der Waals surface area contributed by atoms with E-state index in [0.29, 0.717) is 18.1 Å². The minimum absolute atomic E-state index is 0.201. The van der Waals surface area contributed by atoms with E-state index in [1.165, 1.54) is 5.56 Å². The molecule has 0 bridgehead atoms. The minimum Gasteiger partial charge on any atom is -0.478 e. The summed E-state index contributed by atoms with van der Waals surface area (Å²) in [5.74, 6) is 1.52. The van der Waals surface area contributed by atoms with Crippen molar-refractivity contribution in [2.75, 3.05) is 6.61 Å². The van der Waals surface area contributed by atoms with Crippen molar-refractivity contribution in [2.24, 2.45) is 0 Å². The summed E-state index contributed by atoms with van der Waals surface area (Å²) in [5.41, 5.74) is 2.64. The Balaban J connectivity index is 2.04. The van der Waals surface area contributed by atoms with Crippen LogP contribution in [0, 0.1) is 0 Å². The fourth-order valence-electron chi connectivity index (χ4n) is 2.39. The molecule has 21 heavy (non-hydrogen) atoms. The summed E-state index contributed by atoms with van der Waals surface area (Å²) >= 11 is 0. The van der Waals surface area contributed by atoms with Crippen LogP contribution < -0.4 is 4.74 Å². The average Bonchev–Trinajstić information content (AvgIpc) is 2.92. The molecular weight excluding hydrogens is 262 g/mol. The van der Waals surface area contributed by atoms with Crippen LogP contribution in [0.5, 0.6) is 5.88 Å². The Morgan fingerprint density at radius 1 is 1.05 bits per heavy atom. The van der Waals surface area contributed by atoms with Gasteiger partial charge in [0.05, 0.1) is 12.1 Å². The summed E-state index contributed by atoms with van der Waals surface area (Å²) < 4.78 is 5.43. The van der Waals surface area contributed by atoms with Gasteiger partial charge in [0.15, 0.2) is 5.65 Å². The number of pyridine rings is 1. The number of aromatic amines is 1. The molecule has 2 aromatic heterocycles. The monoisotopic (exact) mass is 281 g/mol. The van der Waals surface area contributed by atoms with E-state index in [9.17, 15) is 0 Å². The third-order valence-corrected chi connectivity index (χ3v) is 3.70.